The molecule has 0 aliphatic carbocycles. The molecule has 6 heteroatoms. The van der Waals surface area contributed by atoms with Crippen LogP contribution in [0.25, 0.3) is 0 Å². The third kappa shape index (κ3) is 8.42. The Labute approximate surface area is 88.0 Å². The van der Waals surface area contributed by atoms with Gasteiger partial charge in [0.15, 0.2) is 0 Å². The first-order valence-corrected chi connectivity index (χ1v) is 6.44. The highest BCUT2D eigenvalue weighted by molar-refractivity contribution is 9.11. The van der Waals surface area contributed by atoms with E-state index in [1.54, 1.807) is 0 Å². The average Bonchev–Trinajstić information content (AvgIpc) is 2.02. The van der Waals surface area contributed by atoms with Gasteiger partial charge in [0, 0.05) is 17.6 Å². The Bertz CT molecular complexity index is 251. The van der Waals surface area contributed by atoms with E-state index in [0.717, 1.165) is 6.54 Å². The molecule has 0 aromatic rings. The van der Waals surface area contributed by atoms with Gasteiger partial charge in [-0.15, -0.1) is 0 Å². The molecule has 0 aromatic carbocycles. The molecule has 0 fully saturated rings. The highest BCUT2D eigenvalue weighted by atomic mass is 79.9. The van der Waals surface area contributed by atoms with Gasteiger partial charge in [0.2, 0.25) is 10.0 Å². The van der Waals surface area contributed by atoms with Crippen LogP contribution in [0.3, 0.4) is 0 Å². The van der Waals surface area contributed by atoms with Crippen LogP contribution in [0.1, 0.15) is 6.92 Å². The quantitative estimate of drug-likeness (QED) is 0.660. The molecule has 0 aromatic heterocycles. The summed E-state index contributed by atoms with van der Waals surface area (Å²) in [5.41, 5.74) is 0. The molecule has 0 radical (unpaired) electrons. The van der Waals surface area contributed by atoms with Crippen LogP contribution in [0.5, 0.6) is 0 Å². The normalized spacial score (nSPS) is 11.5. The molecule has 0 saturated carbocycles. The van der Waals surface area contributed by atoms with E-state index in [1.807, 2.05) is 6.92 Å². The lowest BCUT2D eigenvalue weighted by Gasteiger charge is -2.05. The molecule has 0 aliphatic rings. The van der Waals surface area contributed by atoms with Gasteiger partial charge in [-0.2, -0.15) is 0 Å². The lowest BCUT2D eigenvalue weighted by atomic mass is 10.7. The number of sulfonamides is 1. The Hall–Kier alpha value is 0.0900. The molecule has 0 spiro atoms. The SMILES string of the molecule is C=C(Br)CNS(=O)(=O)CCNCC. The maximum atomic E-state index is 11.2. The predicted octanol–water partition coefficient (Wildman–Crippen LogP) is 0.424. The molecule has 13 heavy (non-hydrogen) atoms. The van der Waals surface area contributed by atoms with Crippen molar-refractivity contribution in [3.8, 4) is 0 Å². The van der Waals surface area contributed by atoms with E-state index in [-0.39, 0.29) is 12.3 Å². The third-order valence-corrected chi connectivity index (χ3v) is 2.89. The molecule has 0 atom stereocenters. The molecule has 0 bridgehead atoms. The molecule has 2 N–H and O–H groups in total. The topological polar surface area (TPSA) is 58.2 Å². The fraction of sp³-hybridized carbons (Fsp3) is 0.714. The van der Waals surface area contributed by atoms with E-state index in [9.17, 15) is 8.42 Å². The van der Waals surface area contributed by atoms with E-state index < -0.39 is 10.0 Å². The van der Waals surface area contributed by atoms with E-state index >= 15 is 0 Å². The molecular weight excluding hydrogens is 256 g/mol. The van der Waals surface area contributed by atoms with Crippen LogP contribution < -0.4 is 10.0 Å². The Morgan fingerprint density at radius 3 is 2.62 bits per heavy atom. The van der Waals surface area contributed by atoms with Crippen molar-refractivity contribution < 1.29 is 8.42 Å². The Morgan fingerprint density at radius 1 is 1.54 bits per heavy atom. The van der Waals surface area contributed by atoms with Crippen molar-refractivity contribution in [2.75, 3.05) is 25.4 Å². The van der Waals surface area contributed by atoms with Crippen LogP contribution in [0, 0.1) is 0 Å². The third-order valence-electron chi connectivity index (χ3n) is 1.28. The molecule has 0 rings (SSSR count). The van der Waals surface area contributed by atoms with Crippen LogP contribution in [0.4, 0.5) is 0 Å². The lowest BCUT2D eigenvalue weighted by molar-refractivity contribution is 0.581. The fourth-order valence-electron chi connectivity index (χ4n) is 0.644. The van der Waals surface area contributed by atoms with Gasteiger partial charge in [-0.1, -0.05) is 29.4 Å². The largest absolute Gasteiger partial charge is 0.316 e. The van der Waals surface area contributed by atoms with Crippen molar-refractivity contribution in [1.82, 2.24) is 10.0 Å². The number of halogens is 1. The second kappa shape index (κ2) is 6.53. The summed E-state index contributed by atoms with van der Waals surface area (Å²) >= 11 is 3.07. The van der Waals surface area contributed by atoms with Gasteiger partial charge in [0.25, 0.3) is 0 Å². The van der Waals surface area contributed by atoms with Crippen molar-refractivity contribution in [1.29, 1.82) is 0 Å². The Kier molecular flexibility index (Phi) is 6.58. The smallest absolute Gasteiger partial charge is 0.213 e. The first-order chi connectivity index (χ1) is 5.98. The molecule has 0 unspecified atom stereocenters. The van der Waals surface area contributed by atoms with Crippen LogP contribution in [-0.2, 0) is 10.0 Å². The maximum absolute atomic E-state index is 11.2. The first-order valence-electron chi connectivity index (χ1n) is 3.99. The summed E-state index contributed by atoms with van der Waals surface area (Å²) in [6, 6.07) is 0. The van der Waals surface area contributed by atoms with E-state index in [4.69, 9.17) is 0 Å². The summed E-state index contributed by atoms with van der Waals surface area (Å²) in [6.45, 7) is 6.96. The zero-order valence-electron chi connectivity index (χ0n) is 7.64. The average molecular weight is 271 g/mol. The summed E-state index contributed by atoms with van der Waals surface area (Å²) < 4.78 is 25.4. The molecule has 78 valence electrons. The molecule has 4 nitrogen and oxygen atoms in total. The summed E-state index contributed by atoms with van der Waals surface area (Å²) in [6.07, 6.45) is 0. The highest BCUT2D eigenvalue weighted by Gasteiger charge is 2.08. The van der Waals surface area contributed by atoms with Crippen molar-refractivity contribution in [3.05, 3.63) is 11.1 Å². The maximum Gasteiger partial charge on any atom is 0.213 e. The minimum absolute atomic E-state index is 0.0983. The molecule has 0 heterocycles. The number of rotatable bonds is 7. The second-order valence-corrected chi connectivity index (χ2v) is 5.56. The summed E-state index contributed by atoms with van der Waals surface area (Å²) in [7, 11) is -3.15. The molecule has 0 saturated heterocycles. The van der Waals surface area contributed by atoms with Crippen LogP contribution in [0.15, 0.2) is 11.1 Å². The Balaban J connectivity index is 3.74. The van der Waals surface area contributed by atoms with Crippen molar-refractivity contribution >= 4 is 26.0 Å². The first kappa shape index (κ1) is 13.1. The standard InChI is InChI=1S/C7H15BrN2O2S/c1-3-9-4-5-13(11,12)10-6-7(2)8/h9-10H,2-6H2,1H3. The van der Waals surface area contributed by atoms with Crippen LogP contribution >= 0.6 is 15.9 Å². The highest BCUT2D eigenvalue weighted by Crippen LogP contribution is 1.97. The second-order valence-electron chi connectivity index (χ2n) is 2.51. The number of hydrogen-bond acceptors (Lipinski definition) is 3. The van der Waals surface area contributed by atoms with Crippen LogP contribution in [-0.4, -0.2) is 33.8 Å². The fourth-order valence-corrected chi connectivity index (χ4v) is 1.92. The number of nitrogens with one attached hydrogen (secondary N) is 2. The van der Waals surface area contributed by atoms with Gasteiger partial charge in [0.05, 0.1) is 5.75 Å². The monoisotopic (exact) mass is 270 g/mol. The Morgan fingerprint density at radius 2 is 2.15 bits per heavy atom. The summed E-state index contributed by atoms with van der Waals surface area (Å²) in [5.74, 6) is 0.0983. The van der Waals surface area contributed by atoms with Crippen molar-refractivity contribution in [3.63, 3.8) is 0 Å². The minimum Gasteiger partial charge on any atom is -0.316 e. The molecular formula is C7H15BrN2O2S. The van der Waals surface area contributed by atoms with Gasteiger partial charge >= 0.3 is 0 Å². The predicted molar refractivity (Wildman–Crippen MR) is 58.4 cm³/mol. The zero-order valence-corrected chi connectivity index (χ0v) is 10.0. The van der Waals surface area contributed by atoms with Crippen molar-refractivity contribution in [2.24, 2.45) is 0 Å². The van der Waals surface area contributed by atoms with Gasteiger partial charge in [-0.05, 0) is 6.54 Å². The van der Waals surface area contributed by atoms with Crippen molar-refractivity contribution in [2.45, 2.75) is 6.92 Å². The van der Waals surface area contributed by atoms with E-state index in [1.165, 1.54) is 0 Å². The molecule has 0 amide bonds. The van der Waals surface area contributed by atoms with Crippen LogP contribution in [0.2, 0.25) is 0 Å². The van der Waals surface area contributed by atoms with Gasteiger partial charge < -0.3 is 5.32 Å². The lowest BCUT2D eigenvalue weighted by Crippen LogP contribution is -2.32. The number of hydrogen-bond donors (Lipinski definition) is 2. The van der Waals surface area contributed by atoms with E-state index in [0.29, 0.717) is 11.0 Å². The molecule has 0 aliphatic heterocycles. The van der Waals surface area contributed by atoms with E-state index in [2.05, 4.69) is 32.5 Å². The van der Waals surface area contributed by atoms with Gasteiger partial charge in [0.1, 0.15) is 0 Å². The van der Waals surface area contributed by atoms with Gasteiger partial charge in [-0.3, -0.25) is 0 Å². The summed E-state index contributed by atoms with van der Waals surface area (Å²) in [5, 5.41) is 2.94. The summed E-state index contributed by atoms with van der Waals surface area (Å²) in [4.78, 5) is 0. The minimum atomic E-state index is -3.15. The van der Waals surface area contributed by atoms with Gasteiger partial charge in [-0.25, -0.2) is 13.1 Å². The zero-order chi connectivity index (χ0) is 10.3.